The topological polar surface area (TPSA) is 297 Å². The molecule has 0 atom stereocenters. The summed E-state index contributed by atoms with van der Waals surface area (Å²) in [6.07, 6.45) is 2.39. The molecule has 0 amide bonds. The maximum Gasteiger partial charge on any atom is 0.339 e. The summed E-state index contributed by atoms with van der Waals surface area (Å²) < 4.78 is 56.5. The lowest BCUT2D eigenvalue weighted by Gasteiger charge is -2.30. The zero-order valence-electron chi connectivity index (χ0n) is 22.1. The Balaban J connectivity index is 4.42. The first-order valence-corrected chi connectivity index (χ1v) is 21.3. The molecular weight excluding hydrogens is 641 g/mol. The van der Waals surface area contributed by atoms with Gasteiger partial charge in [0.2, 0.25) is 0 Å². The van der Waals surface area contributed by atoms with E-state index in [0.717, 1.165) is 41.9 Å². The molecule has 0 aromatic rings. The highest BCUT2D eigenvalue weighted by atomic mass is 31.2. The fourth-order valence-corrected chi connectivity index (χ4v) is 8.01. The molecule has 0 radical (unpaired) electrons. The molecule has 242 valence electrons. The Morgan fingerprint density at radius 3 is 0.850 bits per heavy atom. The summed E-state index contributed by atoms with van der Waals surface area (Å²) in [6, 6.07) is 0. The minimum atomic E-state index is -4.70. The molecule has 0 heterocycles. The summed E-state index contributed by atoms with van der Waals surface area (Å²) >= 11 is 0. The normalized spacial score (nSPS) is 14.1. The van der Waals surface area contributed by atoms with E-state index in [1.54, 1.807) is 0 Å². The predicted molar refractivity (Wildman–Crippen MR) is 146 cm³/mol. The van der Waals surface area contributed by atoms with Crippen LogP contribution >= 0.6 is 38.0 Å². The van der Waals surface area contributed by atoms with Gasteiger partial charge in [-0.05, 0) is 19.4 Å². The van der Waals surface area contributed by atoms with E-state index in [4.69, 9.17) is 19.6 Å². The van der Waals surface area contributed by atoms with E-state index in [1.165, 1.54) is 4.90 Å². The number of unbranched alkanes of at least 4 members (excludes halogenated alkanes) is 8. The fourth-order valence-electron chi connectivity index (χ4n) is 4.00. The van der Waals surface area contributed by atoms with E-state index in [0.29, 0.717) is 25.7 Å². The van der Waals surface area contributed by atoms with Crippen molar-refractivity contribution < 1.29 is 71.8 Å². The highest BCUT2D eigenvalue weighted by molar-refractivity contribution is 7.53. The molecule has 0 aliphatic rings. The van der Waals surface area contributed by atoms with Crippen LogP contribution in [-0.2, 0) is 22.8 Å². The van der Waals surface area contributed by atoms with Crippen molar-refractivity contribution in [1.82, 2.24) is 14.7 Å². The van der Waals surface area contributed by atoms with E-state index < -0.39 is 76.1 Å². The zero-order valence-corrected chi connectivity index (χ0v) is 26.6. The second-order valence-corrected chi connectivity index (χ2v) is 17.9. The largest absolute Gasteiger partial charge is 0.339 e. The van der Waals surface area contributed by atoms with Crippen molar-refractivity contribution in [2.45, 2.75) is 57.8 Å². The molecule has 0 bridgehead atoms. The van der Waals surface area contributed by atoms with Crippen molar-refractivity contribution >= 4 is 38.0 Å². The molecule has 40 heavy (non-hydrogen) atoms. The Morgan fingerprint density at radius 1 is 0.325 bits per heavy atom. The van der Waals surface area contributed by atoms with Crippen molar-refractivity contribution in [3.63, 3.8) is 0 Å². The van der Waals surface area contributed by atoms with Crippen molar-refractivity contribution in [3.05, 3.63) is 0 Å². The summed E-state index contributed by atoms with van der Waals surface area (Å²) in [5.41, 5.74) is 0. The third-order valence-corrected chi connectivity index (χ3v) is 9.11. The van der Waals surface area contributed by atoms with Crippen LogP contribution in [0.2, 0.25) is 0 Å². The van der Waals surface area contributed by atoms with Gasteiger partial charge < -0.3 is 48.9 Å². The Labute approximate surface area is 233 Å². The molecule has 0 spiro atoms. The highest BCUT2D eigenvalue weighted by Gasteiger charge is 2.29. The van der Waals surface area contributed by atoms with E-state index in [9.17, 15) is 52.2 Å². The van der Waals surface area contributed by atoms with Crippen molar-refractivity contribution in [2.75, 3.05) is 51.2 Å². The number of hydrogen-bond donors (Lipinski definition) is 10. The second-order valence-electron chi connectivity index (χ2n) is 9.81. The highest BCUT2D eigenvalue weighted by Crippen LogP contribution is 2.42. The first-order valence-electron chi connectivity index (χ1n) is 12.3. The molecule has 0 saturated heterocycles. The summed E-state index contributed by atoms with van der Waals surface area (Å²) in [5, 5.41) is 0. The van der Waals surface area contributed by atoms with Crippen LogP contribution in [0.3, 0.4) is 0 Å². The maximum absolute atomic E-state index is 11.5. The lowest BCUT2D eigenvalue weighted by Crippen LogP contribution is -2.40. The fraction of sp³-hybridized carbons (Fsp3) is 1.00. The van der Waals surface area contributed by atoms with Crippen LogP contribution in [0.25, 0.3) is 0 Å². The SMILES string of the molecule is O=P(O)(O)CN(CCCCCCCCCCCN(CP(=O)(O)O)CP(=O)(O)O)CN(CP(=O)(O)O)CP(=O)(O)O. The van der Waals surface area contributed by atoms with Gasteiger partial charge >= 0.3 is 38.0 Å². The Bertz CT molecular complexity index is 910. The van der Waals surface area contributed by atoms with Gasteiger partial charge in [0.1, 0.15) is 31.4 Å². The van der Waals surface area contributed by atoms with Crippen molar-refractivity contribution in [3.8, 4) is 0 Å². The number of rotatable bonds is 24. The number of nitrogens with zero attached hydrogens (tertiary/aromatic N) is 3. The van der Waals surface area contributed by atoms with E-state index in [1.807, 2.05) is 0 Å². The lowest BCUT2D eigenvalue weighted by molar-refractivity contribution is 0.157. The first kappa shape index (κ1) is 40.6. The van der Waals surface area contributed by atoms with Crippen LogP contribution in [0.5, 0.6) is 0 Å². The molecular formula is C17H44N3O15P5. The van der Waals surface area contributed by atoms with Crippen LogP contribution in [0.4, 0.5) is 0 Å². The van der Waals surface area contributed by atoms with Gasteiger partial charge in [0.15, 0.2) is 0 Å². The van der Waals surface area contributed by atoms with Gasteiger partial charge in [-0.15, -0.1) is 0 Å². The minimum absolute atomic E-state index is 0.129. The summed E-state index contributed by atoms with van der Waals surface area (Å²) in [5.74, 6) is 0. The average molecular weight is 685 g/mol. The lowest BCUT2D eigenvalue weighted by atomic mass is 10.1. The molecule has 0 unspecified atom stereocenters. The monoisotopic (exact) mass is 685 g/mol. The first-order chi connectivity index (χ1) is 17.9. The molecule has 0 aliphatic heterocycles. The summed E-state index contributed by atoms with van der Waals surface area (Å²) in [6.45, 7) is -0.189. The molecule has 0 aliphatic carbocycles. The number of hydrogen-bond acceptors (Lipinski definition) is 8. The molecule has 0 saturated carbocycles. The molecule has 10 N–H and O–H groups in total. The van der Waals surface area contributed by atoms with Gasteiger partial charge in [0, 0.05) is 6.54 Å². The second kappa shape index (κ2) is 18.4. The van der Waals surface area contributed by atoms with Crippen LogP contribution in [0, 0.1) is 0 Å². The van der Waals surface area contributed by atoms with E-state index in [2.05, 4.69) is 0 Å². The van der Waals surface area contributed by atoms with Crippen LogP contribution in [0.15, 0.2) is 0 Å². The van der Waals surface area contributed by atoms with Gasteiger partial charge in [0.25, 0.3) is 0 Å². The smallest absolute Gasteiger partial charge is 0.324 e. The maximum atomic E-state index is 11.5. The van der Waals surface area contributed by atoms with Gasteiger partial charge in [-0.1, -0.05) is 44.9 Å². The van der Waals surface area contributed by atoms with Crippen molar-refractivity contribution in [2.24, 2.45) is 0 Å². The zero-order chi connectivity index (χ0) is 31.3. The standard InChI is InChI=1S/C17H44N3O15P5/c21-36(22,23)13-18(12-20(16-39(30,31)32)17-40(33,34)35)10-8-6-4-2-1-3-5-7-9-11-19(14-37(24,25)26)15-38(27,28)29/h1-17H2,(H2,21,22,23)(H2,24,25,26)(H2,27,28,29)(H2,30,31,32)(H2,33,34,35). The van der Waals surface area contributed by atoms with Crippen LogP contribution in [-0.4, -0.2) is 115 Å². The molecule has 18 nitrogen and oxygen atoms in total. The Hall–Kier alpha value is 0.630. The Morgan fingerprint density at radius 2 is 0.550 bits per heavy atom. The summed E-state index contributed by atoms with van der Waals surface area (Å²) in [4.78, 5) is 94.7. The third kappa shape index (κ3) is 28.7. The minimum Gasteiger partial charge on any atom is -0.324 e. The van der Waals surface area contributed by atoms with E-state index >= 15 is 0 Å². The van der Waals surface area contributed by atoms with Crippen LogP contribution in [0.1, 0.15) is 57.8 Å². The quantitative estimate of drug-likeness (QED) is 0.0385. The molecule has 0 aromatic heterocycles. The average Bonchev–Trinajstić information content (AvgIpc) is 2.65. The third-order valence-electron chi connectivity index (χ3n) is 5.27. The Kier molecular flexibility index (Phi) is 18.7. The molecule has 23 heteroatoms. The van der Waals surface area contributed by atoms with Gasteiger partial charge in [-0.2, -0.15) is 0 Å². The van der Waals surface area contributed by atoms with Gasteiger partial charge in [-0.25, -0.2) is 0 Å². The molecule has 0 aromatic carbocycles. The van der Waals surface area contributed by atoms with Crippen molar-refractivity contribution in [1.29, 1.82) is 0 Å². The molecule has 0 fully saturated rings. The van der Waals surface area contributed by atoms with Gasteiger partial charge in [0.05, 0.1) is 6.67 Å². The predicted octanol–water partition coefficient (Wildman–Crippen LogP) is 1.04. The van der Waals surface area contributed by atoms with Crippen LogP contribution < -0.4 is 0 Å². The van der Waals surface area contributed by atoms with Gasteiger partial charge in [-0.3, -0.25) is 37.5 Å². The molecule has 0 rings (SSSR count). The van der Waals surface area contributed by atoms with E-state index in [-0.39, 0.29) is 13.1 Å². The summed E-state index contributed by atoms with van der Waals surface area (Å²) in [7, 11) is -22.9.